The minimum absolute atomic E-state index is 0.0284. The molecule has 144 valence electrons. The average Bonchev–Trinajstić information content (AvgIpc) is 2.70. The van der Waals surface area contributed by atoms with Gasteiger partial charge in [-0.25, -0.2) is 17.8 Å². The molecule has 0 saturated heterocycles. The molecule has 0 aliphatic carbocycles. The van der Waals surface area contributed by atoms with Crippen molar-refractivity contribution in [1.29, 1.82) is 0 Å². The summed E-state index contributed by atoms with van der Waals surface area (Å²) in [5.74, 6) is 0. The largest absolute Gasteiger partial charge is 0.289 e. The van der Waals surface area contributed by atoms with Crippen molar-refractivity contribution in [3.8, 4) is 11.3 Å². The van der Waals surface area contributed by atoms with Crippen molar-refractivity contribution in [2.75, 3.05) is 6.54 Å². The molecule has 1 aromatic heterocycles. The van der Waals surface area contributed by atoms with Gasteiger partial charge in [0, 0.05) is 24.2 Å². The zero-order chi connectivity index (χ0) is 20.1. The number of aromatic nitrogens is 2. The lowest BCUT2D eigenvalue weighted by atomic mass is 10.1. The summed E-state index contributed by atoms with van der Waals surface area (Å²) in [5, 5.41) is 15.3. The summed E-state index contributed by atoms with van der Waals surface area (Å²) in [4.78, 5) is 21.9. The first-order valence-corrected chi connectivity index (χ1v) is 9.73. The fourth-order valence-electron chi connectivity index (χ4n) is 2.57. The van der Waals surface area contributed by atoms with E-state index in [2.05, 4.69) is 9.82 Å². The van der Waals surface area contributed by atoms with Crippen molar-refractivity contribution in [2.45, 2.75) is 11.4 Å². The third-order valence-electron chi connectivity index (χ3n) is 3.90. The second-order valence-corrected chi connectivity index (χ2v) is 7.50. The summed E-state index contributed by atoms with van der Waals surface area (Å²) in [5.41, 5.74) is 0.486. The molecule has 1 heterocycles. The average molecular weight is 400 g/mol. The number of hydrogen-bond donors (Lipinski definition) is 1. The molecule has 2 aromatic carbocycles. The van der Waals surface area contributed by atoms with Crippen LogP contribution in [0.5, 0.6) is 0 Å². The lowest BCUT2D eigenvalue weighted by Crippen LogP contribution is -2.32. The molecular formula is C18H16N4O5S. The Hall–Kier alpha value is -3.37. The molecule has 9 nitrogen and oxygen atoms in total. The number of nitro benzene ring substituents is 1. The molecule has 28 heavy (non-hydrogen) atoms. The highest BCUT2D eigenvalue weighted by Crippen LogP contribution is 2.22. The number of hydrogen-bond acceptors (Lipinski definition) is 6. The predicted molar refractivity (Wildman–Crippen MR) is 102 cm³/mol. The smallest absolute Gasteiger partial charge is 0.268 e. The van der Waals surface area contributed by atoms with E-state index in [1.54, 1.807) is 6.07 Å². The first-order valence-electron chi connectivity index (χ1n) is 8.25. The molecule has 3 aromatic rings. The molecule has 0 aliphatic heterocycles. The van der Waals surface area contributed by atoms with Crippen LogP contribution in [-0.4, -0.2) is 29.7 Å². The number of nitrogens with one attached hydrogen (secondary N) is 1. The minimum Gasteiger partial charge on any atom is -0.268 e. The van der Waals surface area contributed by atoms with Gasteiger partial charge in [-0.1, -0.05) is 42.5 Å². The first-order chi connectivity index (χ1) is 13.4. The molecule has 10 heteroatoms. The number of rotatable bonds is 7. The van der Waals surface area contributed by atoms with Gasteiger partial charge in [0.05, 0.1) is 17.2 Å². The van der Waals surface area contributed by atoms with Crippen LogP contribution in [-0.2, 0) is 16.6 Å². The van der Waals surface area contributed by atoms with Crippen molar-refractivity contribution >= 4 is 15.7 Å². The van der Waals surface area contributed by atoms with Gasteiger partial charge in [0.15, 0.2) is 4.90 Å². The zero-order valence-electron chi connectivity index (χ0n) is 14.6. The second-order valence-electron chi connectivity index (χ2n) is 5.77. The summed E-state index contributed by atoms with van der Waals surface area (Å²) < 4.78 is 28.2. The molecule has 1 N–H and O–H groups in total. The third-order valence-corrected chi connectivity index (χ3v) is 5.41. The Balaban J connectivity index is 1.77. The minimum atomic E-state index is -4.12. The number of para-hydroxylation sites is 1. The van der Waals surface area contributed by atoms with E-state index in [1.165, 1.54) is 18.2 Å². The van der Waals surface area contributed by atoms with Crippen LogP contribution in [0.2, 0.25) is 0 Å². The first kappa shape index (κ1) is 19.4. The van der Waals surface area contributed by atoms with Gasteiger partial charge in [-0.05, 0) is 12.1 Å². The molecule has 0 spiro atoms. The topological polar surface area (TPSA) is 124 Å². The van der Waals surface area contributed by atoms with Gasteiger partial charge in [-0.2, -0.15) is 5.10 Å². The van der Waals surface area contributed by atoms with Gasteiger partial charge >= 0.3 is 0 Å². The summed E-state index contributed by atoms with van der Waals surface area (Å²) >= 11 is 0. The van der Waals surface area contributed by atoms with Gasteiger partial charge in [-0.15, -0.1) is 0 Å². The van der Waals surface area contributed by atoms with E-state index in [0.29, 0.717) is 5.69 Å². The van der Waals surface area contributed by atoms with Crippen molar-refractivity contribution in [2.24, 2.45) is 0 Å². The Morgan fingerprint density at radius 3 is 2.39 bits per heavy atom. The Morgan fingerprint density at radius 2 is 1.68 bits per heavy atom. The molecule has 0 bridgehead atoms. The SMILES string of the molecule is O=c1ccc(-c2ccccc2)nn1CCNS(=O)(=O)c1ccccc1[N+](=O)[O-]. The molecule has 0 saturated carbocycles. The summed E-state index contributed by atoms with van der Waals surface area (Å²) in [7, 11) is -4.12. The molecule has 0 aliphatic rings. The van der Waals surface area contributed by atoms with Gasteiger partial charge in [0.25, 0.3) is 11.2 Å². The van der Waals surface area contributed by atoms with E-state index in [9.17, 15) is 23.3 Å². The monoisotopic (exact) mass is 400 g/mol. The highest BCUT2D eigenvalue weighted by molar-refractivity contribution is 7.89. The van der Waals surface area contributed by atoms with E-state index < -0.39 is 25.5 Å². The fourth-order valence-corrected chi connectivity index (χ4v) is 3.76. The van der Waals surface area contributed by atoms with Crippen LogP contribution in [0.1, 0.15) is 0 Å². The van der Waals surface area contributed by atoms with Gasteiger partial charge < -0.3 is 0 Å². The number of nitrogens with zero attached hydrogens (tertiary/aromatic N) is 3. The molecule has 0 radical (unpaired) electrons. The maximum Gasteiger partial charge on any atom is 0.289 e. The van der Waals surface area contributed by atoms with E-state index in [1.807, 2.05) is 30.3 Å². The molecule has 0 amide bonds. The lowest BCUT2D eigenvalue weighted by molar-refractivity contribution is -0.387. The predicted octanol–water partition coefficient (Wildman–Crippen LogP) is 1.80. The normalized spacial score (nSPS) is 11.3. The van der Waals surface area contributed by atoms with E-state index in [-0.39, 0.29) is 18.6 Å². The lowest BCUT2D eigenvalue weighted by Gasteiger charge is -2.09. The Kier molecular flexibility index (Phi) is 5.62. The van der Waals surface area contributed by atoms with Crippen LogP contribution in [0, 0.1) is 10.1 Å². The number of nitro groups is 1. The van der Waals surface area contributed by atoms with Crippen LogP contribution in [0.3, 0.4) is 0 Å². The molecule has 0 atom stereocenters. The molecule has 3 rings (SSSR count). The van der Waals surface area contributed by atoms with Crippen LogP contribution in [0.4, 0.5) is 5.69 Å². The van der Waals surface area contributed by atoms with Gasteiger partial charge in [0.1, 0.15) is 0 Å². The number of benzene rings is 2. The van der Waals surface area contributed by atoms with E-state index in [0.717, 1.165) is 22.4 Å². The standard InChI is InChI=1S/C18H16N4O5S/c23-18-11-10-15(14-6-2-1-3-7-14)20-21(18)13-12-19-28(26,27)17-9-5-4-8-16(17)22(24)25/h1-11,19H,12-13H2. The summed E-state index contributed by atoms with van der Waals surface area (Å²) in [6, 6.07) is 17.2. The zero-order valence-corrected chi connectivity index (χ0v) is 15.4. The Labute approximate surface area is 160 Å². The van der Waals surface area contributed by atoms with Crippen LogP contribution in [0.25, 0.3) is 11.3 Å². The molecule has 0 fully saturated rings. The van der Waals surface area contributed by atoms with Crippen molar-refractivity contribution in [3.05, 3.63) is 87.2 Å². The summed E-state index contributed by atoms with van der Waals surface area (Å²) in [6.45, 7) is -0.182. The van der Waals surface area contributed by atoms with Gasteiger partial charge in [-0.3, -0.25) is 14.9 Å². The molecule has 0 unspecified atom stereocenters. The van der Waals surface area contributed by atoms with Crippen molar-refractivity contribution in [1.82, 2.24) is 14.5 Å². The maximum absolute atomic E-state index is 12.4. The van der Waals surface area contributed by atoms with Crippen molar-refractivity contribution < 1.29 is 13.3 Å². The highest BCUT2D eigenvalue weighted by Gasteiger charge is 2.24. The number of sulfonamides is 1. The van der Waals surface area contributed by atoms with Crippen LogP contribution in [0.15, 0.2) is 76.4 Å². The highest BCUT2D eigenvalue weighted by atomic mass is 32.2. The Morgan fingerprint density at radius 1 is 1.00 bits per heavy atom. The maximum atomic E-state index is 12.4. The molecular weight excluding hydrogens is 384 g/mol. The van der Waals surface area contributed by atoms with Crippen LogP contribution >= 0.6 is 0 Å². The third kappa shape index (κ3) is 4.30. The fraction of sp³-hybridized carbons (Fsp3) is 0.111. The quantitative estimate of drug-likeness (QED) is 0.476. The Bertz CT molecular complexity index is 1160. The van der Waals surface area contributed by atoms with Crippen molar-refractivity contribution in [3.63, 3.8) is 0 Å². The van der Waals surface area contributed by atoms with E-state index in [4.69, 9.17) is 0 Å². The van der Waals surface area contributed by atoms with Gasteiger partial charge in [0.2, 0.25) is 10.0 Å². The second kappa shape index (κ2) is 8.11. The van der Waals surface area contributed by atoms with Crippen LogP contribution < -0.4 is 10.3 Å². The summed E-state index contributed by atoms with van der Waals surface area (Å²) in [6.07, 6.45) is 0. The van der Waals surface area contributed by atoms with E-state index >= 15 is 0 Å².